The summed E-state index contributed by atoms with van der Waals surface area (Å²) in [5, 5.41) is 3.52. The summed E-state index contributed by atoms with van der Waals surface area (Å²) in [5.74, 6) is 0.326. The van der Waals surface area contributed by atoms with Crippen molar-refractivity contribution in [3.63, 3.8) is 0 Å². The van der Waals surface area contributed by atoms with Crippen LogP contribution in [0.5, 0.6) is 0 Å². The Bertz CT molecular complexity index is 339. The number of piperidine rings is 1. The molecule has 1 aliphatic heterocycles. The lowest BCUT2D eigenvalue weighted by Crippen LogP contribution is -2.59. The number of carbonyl (C=O) groups is 1. The first-order valence-corrected chi connectivity index (χ1v) is 7.77. The molecule has 0 radical (unpaired) electrons. The Hall–Kier alpha value is -0.570. The van der Waals surface area contributed by atoms with Crippen molar-refractivity contribution in [2.24, 2.45) is 5.41 Å². The Morgan fingerprint density at radius 3 is 2.32 bits per heavy atom. The van der Waals surface area contributed by atoms with Crippen LogP contribution in [0.4, 0.5) is 0 Å². The highest BCUT2D eigenvalue weighted by atomic mass is 16.2. The fraction of sp³-hybridized carbons (Fsp3) is 0.938. The largest absolute Gasteiger partial charge is 0.336 e. The van der Waals surface area contributed by atoms with Gasteiger partial charge in [0.2, 0.25) is 5.91 Å². The lowest BCUT2D eigenvalue weighted by molar-refractivity contribution is -0.143. The van der Waals surface area contributed by atoms with Gasteiger partial charge in [-0.05, 0) is 51.4 Å². The maximum atomic E-state index is 12.7. The highest BCUT2D eigenvalue weighted by molar-refractivity contribution is 5.83. The van der Waals surface area contributed by atoms with Crippen molar-refractivity contribution in [1.82, 2.24) is 10.2 Å². The van der Waals surface area contributed by atoms with Crippen LogP contribution in [0.1, 0.15) is 66.7 Å². The average Bonchev–Trinajstić information content (AvgIpc) is 3.01. The zero-order valence-electron chi connectivity index (χ0n) is 13.3. The molecule has 1 saturated heterocycles. The van der Waals surface area contributed by atoms with Crippen LogP contribution in [-0.4, -0.2) is 35.0 Å². The highest BCUT2D eigenvalue weighted by Crippen LogP contribution is 2.34. The molecule has 0 spiro atoms. The minimum Gasteiger partial charge on any atom is -0.336 e. The van der Waals surface area contributed by atoms with Crippen molar-refractivity contribution in [1.29, 1.82) is 0 Å². The molecule has 0 bridgehead atoms. The van der Waals surface area contributed by atoms with Crippen molar-refractivity contribution in [2.75, 3.05) is 6.54 Å². The summed E-state index contributed by atoms with van der Waals surface area (Å²) in [6.07, 6.45) is 5.67. The fourth-order valence-electron chi connectivity index (χ4n) is 3.56. The van der Waals surface area contributed by atoms with Gasteiger partial charge in [-0.1, -0.05) is 20.8 Å². The van der Waals surface area contributed by atoms with Crippen LogP contribution in [0.25, 0.3) is 0 Å². The van der Waals surface area contributed by atoms with E-state index in [1.165, 1.54) is 12.8 Å². The number of carbonyl (C=O) groups excluding carboxylic acids is 1. The van der Waals surface area contributed by atoms with Crippen LogP contribution in [0.15, 0.2) is 0 Å². The molecule has 1 heterocycles. The second-order valence-corrected chi connectivity index (χ2v) is 8.18. The molecular weight excluding hydrogens is 236 g/mol. The number of nitrogens with zero attached hydrogens (tertiary/aromatic N) is 1. The molecule has 0 aromatic rings. The standard InChI is InChI=1S/C16H30N2O/c1-15(2,3)11-16(4,5)18-10-6-7-13(14(18)19)17-12-8-9-12/h12-13,17H,6-11H2,1-5H3. The molecule has 2 rings (SSSR count). The number of amides is 1. The topological polar surface area (TPSA) is 32.3 Å². The van der Waals surface area contributed by atoms with Crippen molar-refractivity contribution in [3.05, 3.63) is 0 Å². The Labute approximate surface area is 118 Å². The van der Waals surface area contributed by atoms with Crippen molar-refractivity contribution in [2.45, 2.75) is 84.3 Å². The number of rotatable bonds is 4. The molecule has 1 unspecified atom stereocenters. The SMILES string of the molecule is CC(C)(C)CC(C)(C)N1CCCC(NC2CC2)C1=O. The van der Waals surface area contributed by atoms with Crippen molar-refractivity contribution in [3.8, 4) is 0 Å². The van der Waals surface area contributed by atoms with Gasteiger partial charge in [0.1, 0.15) is 0 Å². The lowest BCUT2D eigenvalue weighted by Gasteiger charge is -2.46. The first-order valence-electron chi connectivity index (χ1n) is 7.77. The van der Waals surface area contributed by atoms with Gasteiger partial charge in [0.15, 0.2) is 0 Å². The number of hydrogen-bond acceptors (Lipinski definition) is 2. The smallest absolute Gasteiger partial charge is 0.240 e. The summed E-state index contributed by atoms with van der Waals surface area (Å²) in [6.45, 7) is 12.1. The second-order valence-electron chi connectivity index (χ2n) is 8.18. The molecule has 0 aromatic carbocycles. The molecule has 2 fully saturated rings. The van der Waals surface area contributed by atoms with Gasteiger partial charge >= 0.3 is 0 Å². The van der Waals surface area contributed by atoms with Gasteiger partial charge in [-0.2, -0.15) is 0 Å². The molecule has 1 N–H and O–H groups in total. The zero-order chi connectivity index (χ0) is 14.3. The zero-order valence-corrected chi connectivity index (χ0v) is 13.3. The molecular formula is C16H30N2O. The van der Waals surface area contributed by atoms with Crippen LogP contribution >= 0.6 is 0 Å². The normalized spacial score (nSPS) is 25.8. The third-order valence-corrected chi connectivity index (χ3v) is 4.15. The maximum absolute atomic E-state index is 12.7. The molecule has 19 heavy (non-hydrogen) atoms. The monoisotopic (exact) mass is 266 g/mol. The van der Waals surface area contributed by atoms with Gasteiger partial charge < -0.3 is 10.2 Å². The van der Waals surface area contributed by atoms with E-state index in [2.05, 4.69) is 44.8 Å². The summed E-state index contributed by atoms with van der Waals surface area (Å²) in [5.41, 5.74) is 0.208. The first-order chi connectivity index (χ1) is 8.69. The summed E-state index contributed by atoms with van der Waals surface area (Å²) >= 11 is 0. The number of likely N-dealkylation sites (tertiary alicyclic amines) is 1. The predicted molar refractivity (Wildman–Crippen MR) is 79.0 cm³/mol. The Balaban J connectivity index is 2.02. The van der Waals surface area contributed by atoms with Gasteiger partial charge in [-0.15, -0.1) is 0 Å². The molecule has 110 valence electrons. The molecule has 1 amide bonds. The molecule has 2 aliphatic rings. The maximum Gasteiger partial charge on any atom is 0.240 e. The van der Waals surface area contributed by atoms with Crippen molar-refractivity contribution < 1.29 is 4.79 Å². The van der Waals surface area contributed by atoms with E-state index < -0.39 is 0 Å². The number of hydrogen-bond donors (Lipinski definition) is 1. The Kier molecular flexibility index (Phi) is 3.97. The summed E-state index contributed by atoms with van der Waals surface area (Å²) in [7, 11) is 0. The molecule has 3 nitrogen and oxygen atoms in total. The van der Waals surface area contributed by atoms with Gasteiger partial charge in [0.05, 0.1) is 6.04 Å². The van der Waals surface area contributed by atoms with Crippen molar-refractivity contribution >= 4 is 5.91 Å². The van der Waals surface area contributed by atoms with Gasteiger partial charge in [0.25, 0.3) is 0 Å². The molecule has 1 saturated carbocycles. The van der Waals surface area contributed by atoms with Crippen LogP contribution in [0, 0.1) is 5.41 Å². The van der Waals surface area contributed by atoms with Gasteiger partial charge in [0, 0.05) is 18.1 Å². The lowest BCUT2D eigenvalue weighted by atomic mass is 9.80. The van der Waals surface area contributed by atoms with E-state index in [1.54, 1.807) is 0 Å². The number of nitrogens with one attached hydrogen (secondary N) is 1. The van der Waals surface area contributed by atoms with Gasteiger partial charge in [-0.3, -0.25) is 4.79 Å². The quantitative estimate of drug-likeness (QED) is 0.848. The van der Waals surface area contributed by atoms with Gasteiger partial charge in [-0.25, -0.2) is 0 Å². The van der Waals surface area contributed by atoms with E-state index in [-0.39, 0.29) is 17.0 Å². The molecule has 0 aromatic heterocycles. The van der Waals surface area contributed by atoms with E-state index in [9.17, 15) is 4.79 Å². The van der Waals surface area contributed by atoms with Crippen LogP contribution in [0.2, 0.25) is 0 Å². The van der Waals surface area contributed by atoms with E-state index in [0.29, 0.717) is 11.9 Å². The van der Waals surface area contributed by atoms with E-state index in [0.717, 1.165) is 25.8 Å². The van der Waals surface area contributed by atoms with Crippen LogP contribution < -0.4 is 5.32 Å². The Morgan fingerprint density at radius 2 is 1.79 bits per heavy atom. The molecule has 1 atom stereocenters. The average molecular weight is 266 g/mol. The van der Waals surface area contributed by atoms with E-state index in [4.69, 9.17) is 0 Å². The summed E-state index contributed by atoms with van der Waals surface area (Å²) < 4.78 is 0. The Morgan fingerprint density at radius 1 is 1.16 bits per heavy atom. The third kappa shape index (κ3) is 3.95. The highest BCUT2D eigenvalue weighted by Gasteiger charge is 2.40. The molecule has 1 aliphatic carbocycles. The third-order valence-electron chi connectivity index (χ3n) is 4.15. The second kappa shape index (κ2) is 5.08. The van der Waals surface area contributed by atoms with Crippen LogP contribution in [-0.2, 0) is 4.79 Å². The van der Waals surface area contributed by atoms with E-state index >= 15 is 0 Å². The fourth-order valence-corrected chi connectivity index (χ4v) is 3.56. The predicted octanol–water partition coefficient (Wildman–Crippen LogP) is 2.94. The minimum atomic E-state index is -0.0424. The summed E-state index contributed by atoms with van der Waals surface area (Å²) in [6, 6.07) is 0.681. The van der Waals surface area contributed by atoms with Crippen LogP contribution in [0.3, 0.4) is 0 Å². The molecule has 3 heteroatoms. The van der Waals surface area contributed by atoms with E-state index in [1.807, 2.05) is 0 Å². The summed E-state index contributed by atoms with van der Waals surface area (Å²) in [4.78, 5) is 14.8. The minimum absolute atomic E-state index is 0.0424. The first kappa shape index (κ1) is 14.8.